The summed E-state index contributed by atoms with van der Waals surface area (Å²) in [7, 11) is 1.79. The molecule has 1 aliphatic carbocycles. The summed E-state index contributed by atoms with van der Waals surface area (Å²) in [6, 6.07) is 0.564. The van der Waals surface area contributed by atoms with E-state index in [1.54, 1.807) is 7.05 Å². The molecule has 1 saturated carbocycles. The fourth-order valence-electron chi connectivity index (χ4n) is 2.44. The average molecular weight is 385 g/mol. The Kier molecular flexibility index (Phi) is 7.08. The summed E-state index contributed by atoms with van der Waals surface area (Å²) < 4.78 is 0. The third-order valence-corrected chi connectivity index (χ3v) is 4.82. The molecule has 0 aromatic rings. The number of hydrogen-bond donors (Lipinski definition) is 3. The summed E-state index contributed by atoms with van der Waals surface area (Å²) in [6.45, 7) is 0.604. The Hall–Kier alpha value is 0.310. The highest BCUT2D eigenvalue weighted by atomic mass is 127. The molecule has 2 fully saturated rings. The van der Waals surface area contributed by atoms with E-state index in [-0.39, 0.29) is 24.0 Å². The minimum absolute atomic E-state index is 0. The monoisotopic (exact) mass is 385 g/mol. The Morgan fingerprint density at radius 2 is 2.17 bits per heavy atom. The molecule has 18 heavy (non-hydrogen) atoms. The molecule has 1 atom stereocenters. The second kappa shape index (κ2) is 7.79. The van der Waals surface area contributed by atoms with Crippen molar-refractivity contribution in [2.24, 2.45) is 4.99 Å². The molecule has 4 nitrogen and oxygen atoms in total. The Morgan fingerprint density at radius 3 is 2.72 bits per heavy atom. The van der Waals surface area contributed by atoms with E-state index in [4.69, 9.17) is 0 Å². The van der Waals surface area contributed by atoms with Gasteiger partial charge in [-0.05, 0) is 25.0 Å². The maximum atomic E-state index is 10.2. The van der Waals surface area contributed by atoms with Crippen molar-refractivity contribution in [1.82, 2.24) is 10.6 Å². The van der Waals surface area contributed by atoms with Gasteiger partial charge in [0.25, 0.3) is 0 Å². The van der Waals surface area contributed by atoms with Gasteiger partial charge in [0.2, 0.25) is 0 Å². The SMILES string of the molecule is CN=C(NCC1(O)CCSC1)NC1CCCC1.I. The second-order valence-corrected chi connectivity index (χ2v) is 6.18. The predicted octanol–water partition coefficient (Wildman–Crippen LogP) is 1.58. The quantitative estimate of drug-likeness (QED) is 0.392. The molecule has 2 aliphatic rings. The van der Waals surface area contributed by atoms with Crippen LogP contribution in [-0.2, 0) is 0 Å². The van der Waals surface area contributed by atoms with Gasteiger partial charge in [0.05, 0.1) is 5.60 Å². The first-order valence-electron chi connectivity index (χ1n) is 6.49. The first-order valence-corrected chi connectivity index (χ1v) is 7.65. The molecule has 0 radical (unpaired) electrons. The van der Waals surface area contributed by atoms with Crippen LogP contribution in [0.15, 0.2) is 4.99 Å². The van der Waals surface area contributed by atoms with Crippen LogP contribution >= 0.6 is 35.7 Å². The van der Waals surface area contributed by atoms with Gasteiger partial charge >= 0.3 is 0 Å². The minimum atomic E-state index is -0.544. The smallest absolute Gasteiger partial charge is 0.191 e. The predicted molar refractivity (Wildman–Crippen MR) is 89.1 cm³/mol. The van der Waals surface area contributed by atoms with Crippen LogP contribution in [0.3, 0.4) is 0 Å². The van der Waals surface area contributed by atoms with Crippen LogP contribution < -0.4 is 10.6 Å². The highest BCUT2D eigenvalue weighted by molar-refractivity contribution is 14.0. The first kappa shape index (κ1) is 16.4. The number of halogens is 1. The number of aliphatic imine (C=N–C) groups is 1. The van der Waals surface area contributed by atoms with E-state index in [0.717, 1.165) is 23.9 Å². The van der Waals surface area contributed by atoms with Crippen LogP contribution in [0.2, 0.25) is 0 Å². The number of nitrogens with one attached hydrogen (secondary N) is 2. The van der Waals surface area contributed by atoms with Gasteiger partial charge < -0.3 is 15.7 Å². The first-order chi connectivity index (χ1) is 8.22. The molecule has 106 valence electrons. The largest absolute Gasteiger partial charge is 0.387 e. The number of rotatable bonds is 3. The van der Waals surface area contributed by atoms with Crippen molar-refractivity contribution in [1.29, 1.82) is 0 Å². The highest BCUT2D eigenvalue weighted by Crippen LogP contribution is 2.26. The zero-order chi connectivity index (χ0) is 12.1. The topological polar surface area (TPSA) is 56.7 Å². The zero-order valence-corrected chi connectivity index (χ0v) is 14.1. The Labute approximate surface area is 131 Å². The van der Waals surface area contributed by atoms with E-state index in [1.165, 1.54) is 25.7 Å². The Morgan fingerprint density at radius 1 is 1.44 bits per heavy atom. The molecule has 1 saturated heterocycles. The van der Waals surface area contributed by atoms with Crippen molar-refractivity contribution >= 4 is 41.7 Å². The van der Waals surface area contributed by atoms with Crippen LogP contribution in [0.25, 0.3) is 0 Å². The van der Waals surface area contributed by atoms with Gasteiger partial charge in [-0.2, -0.15) is 11.8 Å². The van der Waals surface area contributed by atoms with Crippen molar-refractivity contribution in [2.75, 3.05) is 25.1 Å². The fraction of sp³-hybridized carbons (Fsp3) is 0.917. The Bertz CT molecular complexity index is 276. The standard InChI is InChI=1S/C12H23N3OS.HI/c1-13-11(15-10-4-2-3-5-10)14-8-12(16)6-7-17-9-12;/h10,16H,2-9H2,1H3,(H2,13,14,15);1H. The lowest BCUT2D eigenvalue weighted by Crippen LogP contribution is -2.49. The summed E-state index contributed by atoms with van der Waals surface area (Å²) in [4.78, 5) is 4.22. The summed E-state index contributed by atoms with van der Waals surface area (Å²) in [5.41, 5.74) is -0.544. The molecule has 2 rings (SSSR count). The lowest BCUT2D eigenvalue weighted by Gasteiger charge is -2.24. The molecule has 0 spiro atoms. The second-order valence-electron chi connectivity index (χ2n) is 5.08. The van der Waals surface area contributed by atoms with Gasteiger partial charge in [-0.25, -0.2) is 0 Å². The molecule has 1 unspecified atom stereocenters. The maximum Gasteiger partial charge on any atom is 0.191 e. The number of hydrogen-bond acceptors (Lipinski definition) is 3. The van der Waals surface area contributed by atoms with Gasteiger partial charge in [-0.1, -0.05) is 12.8 Å². The zero-order valence-electron chi connectivity index (χ0n) is 10.9. The van der Waals surface area contributed by atoms with Crippen LogP contribution in [0.5, 0.6) is 0 Å². The van der Waals surface area contributed by atoms with Gasteiger partial charge in [0, 0.05) is 25.4 Å². The number of guanidine groups is 1. The molecule has 6 heteroatoms. The van der Waals surface area contributed by atoms with Crippen LogP contribution in [-0.4, -0.2) is 47.8 Å². The molecule has 0 aromatic carbocycles. The number of aliphatic hydroxyl groups is 1. The van der Waals surface area contributed by atoms with Crippen molar-refractivity contribution in [3.05, 3.63) is 0 Å². The Balaban J connectivity index is 0.00000162. The normalized spacial score (nSPS) is 29.1. The average Bonchev–Trinajstić information content (AvgIpc) is 2.96. The molecule has 1 heterocycles. The van der Waals surface area contributed by atoms with Gasteiger partial charge in [-0.3, -0.25) is 4.99 Å². The van der Waals surface area contributed by atoms with Crippen molar-refractivity contribution in [3.8, 4) is 0 Å². The maximum absolute atomic E-state index is 10.2. The summed E-state index contributed by atoms with van der Waals surface area (Å²) in [5, 5.41) is 16.9. The number of nitrogens with zero attached hydrogens (tertiary/aromatic N) is 1. The van der Waals surface area contributed by atoms with E-state index in [9.17, 15) is 5.11 Å². The van der Waals surface area contributed by atoms with Crippen molar-refractivity contribution in [3.63, 3.8) is 0 Å². The molecule has 0 amide bonds. The van der Waals surface area contributed by atoms with Gasteiger partial charge in [0.15, 0.2) is 5.96 Å². The molecule has 1 aliphatic heterocycles. The van der Waals surface area contributed by atoms with Crippen LogP contribution in [0.4, 0.5) is 0 Å². The summed E-state index contributed by atoms with van der Waals surface area (Å²) >= 11 is 1.82. The fourth-order valence-corrected chi connectivity index (χ4v) is 3.74. The minimum Gasteiger partial charge on any atom is -0.387 e. The third-order valence-electron chi connectivity index (χ3n) is 3.59. The lowest BCUT2D eigenvalue weighted by molar-refractivity contribution is 0.0724. The molecule has 3 N–H and O–H groups in total. The van der Waals surface area contributed by atoms with E-state index in [2.05, 4.69) is 15.6 Å². The third kappa shape index (κ3) is 4.77. The van der Waals surface area contributed by atoms with Gasteiger partial charge in [0.1, 0.15) is 0 Å². The summed E-state index contributed by atoms with van der Waals surface area (Å²) in [5.74, 6) is 2.73. The molecular weight excluding hydrogens is 361 g/mol. The van der Waals surface area contributed by atoms with Gasteiger partial charge in [-0.15, -0.1) is 24.0 Å². The van der Waals surface area contributed by atoms with E-state index in [1.807, 2.05) is 11.8 Å². The summed E-state index contributed by atoms with van der Waals surface area (Å²) in [6.07, 6.45) is 5.98. The lowest BCUT2D eigenvalue weighted by atomic mass is 10.0. The molecule has 0 bridgehead atoms. The van der Waals surface area contributed by atoms with Crippen molar-refractivity contribution in [2.45, 2.75) is 43.7 Å². The van der Waals surface area contributed by atoms with E-state index >= 15 is 0 Å². The molecule has 0 aromatic heterocycles. The van der Waals surface area contributed by atoms with Crippen molar-refractivity contribution < 1.29 is 5.11 Å². The van der Waals surface area contributed by atoms with E-state index < -0.39 is 5.60 Å². The van der Waals surface area contributed by atoms with Crippen LogP contribution in [0.1, 0.15) is 32.1 Å². The van der Waals surface area contributed by atoms with E-state index in [0.29, 0.717) is 12.6 Å². The molecular formula is C12H24IN3OS. The van der Waals surface area contributed by atoms with Crippen LogP contribution in [0, 0.1) is 0 Å². The number of thioether (sulfide) groups is 1. The highest BCUT2D eigenvalue weighted by Gasteiger charge is 2.31.